The van der Waals surface area contributed by atoms with Gasteiger partial charge in [0, 0.05) is 12.6 Å². The Balaban J connectivity index is 2.33. The molecule has 1 aliphatic rings. The number of nitrogens with zero attached hydrogens (tertiary/aromatic N) is 1. The fraction of sp³-hybridized carbons (Fsp3) is 0.909. The number of hydrogen-bond donors (Lipinski definition) is 1. The molecule has 1 atom stereocenters. The molecule has 1 fully saturated rings. The lowest BCUT2D eigenvalue weighted by atomic mass is 10.2. The second kappa shape index (κ2) is 5.35. The average molecular weight is 199 g/mol. The van der Waals surface area contributed by atoms with Gasteiger partial charge in [0.1, 0.15) is 0 Å². The largest absolute Gasteiger partial charge is 0.481 e. The number of hydrogen-bond acceptors (Lipinski definition) is 2. The number of carboxylic acid groups (broad SMARTS) is 1. The second-order valence-corrected chi connectivity index (χ2v) is 4.39. The zero-order valence-electron chi connectivity index (χ0n) is 9.20. The van der Waals surface area contributed by atoms with Crippen LogP contribution in [0.1, 0.15) is 39.5 Å². The van der Waals surface area contributed by atoms with Crippen molar-refractivity contribution in [2.24, 2.45) is 5.92 Å². The molecule has 3 nitrogen and oxygen atoms in total. The quantitative estimate of drug-likeness (QED) is 0.681. The van der Waals surface area contributed by atoms with Crippen molar-refractivity contribution < 1.29 is 9.90 Å². The number of carbonyl (C=O) groups is 1. The minimum Gasteiger partial charge on any atom is -0.481 e. The van der Waals surface area contributed by atoms with Gasteiger partial charge >= 0.3 is 5.97 Å². The Bertz CT molecular complexity index is 190. The summed E-state index contributed by atoms with van der Waals surface area (Å²) in [6.45, 7) is 6.30. The summed E-state index contributed by atoms with van der Waals surface area (Å²) in [5.41, 5.74) is 0. The second-order valence-electron chi connectivity index (χ2n) is 4.39. The van der Waals surface area contributed by atoms with Crippen molar-refractivity contribution in [2.75, 3.05) is 13.1 Å². The van der Waals surface area contributed by atoms with Gasteiger partial charge in [-0.1, -0.05) is 6.92 Å². The van der Waals surface area contributed by atoms with Crippen LogP contribution >= 0.6 is 0 Å². The molecule has 1 aliphatic carbocycles. The van der Waals surface area contributed by atoms with Gasteiger partial charge in [-0.25, -0.2) is 0 Å². The molecule has 0 spiro atoms. The zero-order valence-corrected chi connectivity index (χ0v) is 9.20. The number of rotatable bonds is 7. The molecule has 0 radical (unpaired) electrons. The van der Waals surface area contributed by atoms with Gasteiger partial charge in [-0.05, 0) is 38.6 Å². The van der Waals surface area contributed by atoms with Crippen LogP contribution in [0.15, 0.2) is 0 Å². The molecular formula is C11H21NO2. The minimum atomic E-state index is -0.686. The predicted octanol–water partition coefficient (Wildman–Crippen LogP) is 1.97. The van der Waals surface area contributed by atoms with Crippen LogP contribution in [0.5, 0.6) is 0 Å². The molecule has 1 unspecified atom stereocenters. The first kappa shape index (κ1) is 11.5. The maximum absolute atomic E-state index is 10.6. The summed E-state index contributed by atoms with van der Waals surface area (Å²) in [5, 5.41) is 8.72. The molecule has 0 aromatic rings. The summed E-state index contributed by atoms with van der Waals surface area (Å²) in [6, 6.07) is 0.188. The fourth-order valence-electron chi connectivity index (χ4n) is 1.79. The minimum absolute atomic E-state index is 0.188. The van der Waals surface area contributed by atoms with Crippen molar-refractivity contribution in [2.45, 2.75) is 45.6 Å². The summed E-state index contributed by atoms with van der Waals surface area (Å²) in [6.07, 6.45) is 4.05. The lowest BCUT2D eigenvalue weighted by Crippen LogP contribution is -2.36. The smallest absolute Gasteiger partial charge is 0.304 e. The molecule has 1 N–H and O–H groups in total. The molecule has 0 aromatic heterocycles. The predicted molar refractivity (Wildman–Crippen MR) is 56.3 cm³/mol. The molecule has 82 valence electrons. The van der Waals surface area contributed by atoms with Gasteiger partial charge in [0.15, 0.2) is 0 Å². The van der Waals surface area contributed by atoms with E-state index in [1.807, 2.05) is 6.92 Å². The lowest BCUT2D eigenvalue weighted by molar-refractivity contribution is -0.138. The van der Waals surface area contributed by atoms with E-state index in [9.17, 15) is 4.79 Å². The van der Waals surface area contributed by atoms with Crippen LogP contribution in [0.4, 0.5) is 0 Å². The zero-order chi connectivity index (χ0) is 10.6. The Morgan fingerprint density at radius 2 is 2.21 bits per heavy atom. The molecule has 0 aromatic carbocycles. The van der Waals surface area contributed by atoms with Crippen molar-refractivity contribution in [3.8, 4) is 0 Å². The Morgan fingerprint density at radius 1 is 1.57 bits per heavy atom. The van der Waals surface area contributed by atoms with Crippen LogP contribution < -0.4 is 0 Å². The van der Waals surface area contributed by atoms with Crippen LogP contribution in [-0.4, -0.2) is 35.1 Å². The van der Waals surface area contributed by atoms with Crippen LogP contribution in [0.25, 0.3) is 0 Å². The third-order valence-electron chi connectivity index (χ3n) is 2.79. The van der Waals surface area contributed by atoms with Crippen molar-refractivity contribution in [3.05, 3.63) is 0 Å². The first-order chi connectivity index (χ1) is 6.63. The molecule has 0 amide bonds. The number of aliphatic carboxylic acids is 1. The van der Waals surface area contributed by atoms with Crippen LogP contribution in [0.2, 0.25) is 0 Å². The van der Waals surface area contributed by atoms with Crippen LogP contribution in [0.3, 0.4) is 0 Å². The average Bonchev–Trinajstić information content (AvgIpc) is 2.86. The molecular weight excluding hydrogens is 178 g/mol. The Labute approximate surface area is 86.1 Å². The van der Waals surface area contributed by atoms with E-state index in [0.29, 0.717) is 0 Å². The van der Waals surface area contributed by atoms with Crippen molar-refractivity contribution in [1.29, 1.82) is 0 Å². The fourth-order valence-corrected chi connectivity index (χ4v) is 1.79. The molecule has 0 saturated heterocycles. The highest BCUT2D eigenvalue weighted by Gasteiger charge is 2.26. The Morgan fingerprint density at radius 3 is 2.64 bits per heavy atom. The Kier molecular flexibility index (Phi) is 4.39. The molecule has 1 saturated carbocycles. The Hall–Kier alpha value is -0.570. The van der Waals surface area contributed by atoms with Gasteiger partial charge in [0.05, 0.1) is 6.42 Å². The summed E-state index contributed by atoms with van der Waals surface area (Å²) < 4.78 is 0. The summed E-state index contributed by atoms with van der Waals surface area (Å²) in [5.74, 6) is 0.159. The van der Waals surface area contributed by atoms with Gasteiger partial charge < -0.3 is 5.11 Å². The SMILES string of the molecule is CCCN(CC1CC1)C(C)CC(=O)O. The van der Waals surface area contributed by atoms with E-state index in [1.165, 1.54) is 12.8 Å². The van der Waals surface area contributed by atoms with Crippen molar-refractivity contribution >= 4 is 5.97 Å². The topological polar surface area (TPSA) is 40.5 Å². The van der Waals surface area contributed by atoms with Crippen LogP contribution in [0, 0.1) is 5.92 Å². The molecule has 14 heavy (non-hydrogen) atoms. The summed E-state index contributed by atoms with van der Waals surface area (Å²) >= 11 is 0. The molecule has 0 bridgehead atoms. The van der Waals surface area contributed by atoms with E-state index >= 15 is 0 Å². The third kappa shape index (κ3) is 4.09. The first-order valence-electron chi connectivity index (χ1n) is 5.59. The van der Waals surface area contributed by atoms with Gasteiger partial charge in [0.2, 0.25) is 0 Å². The standard InChI is InChI=1S/C11H21NO2/c1-3-6-12(8-10-4-5-10)9(2)7-11(13)14/h9-10H,3-8H2,1-2H3,(H,13,14). The van der Waals surface area contributed by atoms with Crippen LogP contribution in [-0.2, 0) is 4.79 Å². The first-order valence-corrected chi connectivity index (χ1v) is 5.59. The van der Waals surface area contributed by atoms with Gasteiger partial charge in [-0.15, -0.1) is 0 Å². The van der Waals surface area contributed by atoms with Crippen molar-refractivity contribution in [1.82, 2.24) is 4.90 Å². The molecule has 3 heteroatoms. The highest BCUT2D eigenvalue weighted by molar-refractivity contribution is 5.67. The molecule has 0 heterocycles. The van der Waals surface area contributed by atoms with E-state index in [2.05, 4.69) is 11.8 Å². The normalized spacial score (nSPS) is 18.5. The van der Waals surface area contributed by atoms with Gasteiger partial charge in [-0.3, -0.25) is 9.69 Å². The van der Waals surface area contributed by atoms with E-state index < -0.39 is 5.97 Å². The number of carboxylic acids is 1. The van der Waals surface area contributed by atoms with Crippen molar-refractivity contribution in [3.63, 3.8) is 0 Å². The molecule has 0 aliphatic heterocycles. The monoisotopic (exact) mass is 199 g/mol. The molecule has 1 rings (SSSR count). The maximum Gasteiger partial charge on any atom is 0.304 e. The highest BCUT2D eigenvalue weighted by atomic mass is 16.4. The lowest BCUT2D eigenvalue weighted by Gasteiger charge is -2.27. The van der Waals surface area contributed by atoms with E-state index in [-0.39, 0.29) is 12.5 Å². The summed E-state index contributed by atoms with van der Waals surface area (Å²) in [7, 11) is 0. The van der Waals surface area contributed by atoms with E-state index in [1.54, 1.807) is 0 Å². The third-order valence-corrected chi connectivity index (χ3v) is 2.79. The maximum atomic E-state index is 10.6. The van der Waals surface area contributed by atoms with E-state index in [4.69, 9.17) is 5.11 Å². The van der Waals surface area contributed by atoms with Gasteiger partial charge in [0.25, 0.3) is 0 Å². The van der Waals surface area contributed by atoms with E-state index in [0.717, 1.165) is 25.4 Å². The van der Waals surface area contributed by atoms with Gasteiger partial charge in [-0.2, -0.15) is 0 Å². The highest BCUT2D eigenvalue weighted by Crippen LogP contribution is 2.30. The summed E-state index contributed by atoms with van der Waals surface area (Å²) in [4.78, 5) is 12.9.